The third-order valence-corrected chi connectivity index (χ3v) is 3.81. The summed E-state index contributed by atoms with van der Waals surface area (Å²) >= 11 is 1.24. The molecule has 0 atom stereocenters. The quantitative estimate of drug-likeness (QED) is 0.789. The van der Waals surface area contributed by atoms with E-state index in [1.54, 1.807) is 30.5 Å². The fraction of sp³-hybridized carbons (Fsp3) is 0.312. The molecular formula is C16H17FN2O3S. The Hall–Kier alpha value is -2.28. The van der Waals surface area contributed by atoms with Crippen molar-refractivity contribution in [2.45, 2.75) is 26.2 Å². The summed E-state index contributed by atoms with van der Waals surface area (Å²) < 4.78 is 18.3. The molecule has 2 rings (SSSR count). The number of rotatable bonds is 7. The summed E-state index contributed by atoms with van der Waals surface area (Å²) in [5.41, 5.74) is 1.06. The van der Waals surface area contributed by atoms with Crippen LogP contribution < -0.4 is 5.32 Å². The number of halogens is 1. The van der Waals surface area contributed by atoms with Crippen LogP contribution in [0.25, 0.3) is 0 Å². The van der Waals surface area contributed by atoms with E-state index in [0.29, 0.717) is 29.4 Å². The van der Waals surface area contributed by atoms with Crippen LogP contribution in [0.4, 0.5) is 9.52 Å². The summed E-state index contributed by atoms with van der Waals surface area (Å²) in [5, 5.41) is 4.77. The number of ether oxygens (including phenoxy) is 1. The number of carbonyl (C=O) groups excluding carboxylic acids is 2. The van der Waals surface area contributed by atoms with Crippen molar-refractivity contribution in [1.29, 1.82) is 0 Å². The van der Waals surface area contributed by atoms with E-state index in [2.05, 4.69) is 10.3 Å². The first-order valence-corrected chi connectivity index (χ1v) is 8.09. The summed E-state index contributed by atoms with van der Waals surface area (Å²) in [6.45, 7) is 2.06. The molecule has 1 aromatic carbocycles. The van der Waals surface area contributed by atoms with Gasteiger partial charge in [0.1, 0.15) is 5.82 Å². The smallest absolute Gasteiger partial charge is 0.311 e. The van der Waals surface area contributed by atoms with Crippen LogP contribution in [-0.4, -0.2) is 23.5 Å². The third-order valence-electron chi connectivity index (χ3n) is 3.01. The Balaban J connectivity index is 1.82. The van der Waals surface area contributed by atoms with Crippen molar-refractivity contribution in [3.63, 3.8) is 0 Å². The lowest BCUT2D eigenvalue weighted by molar-refractivity contribution is -0.142. The van der Waals surface area contributed by atoms with Gasteiger partial charge in [-0.15, -0.1) is 11.3 Å². The SMILES string of the molecule is CCOC(=O)Cc1csc(NC(=O)CCc2ccccc2F)n1. The van der Waals surface area contributed by atoms with E-state index in [-0.39, 0.29) is 30.5 Å². The highest BCUT2D eigenvalue weighted by Crippen LogP contribution is 2.17. The first-order chi connectivity index (χ1) is 11.1. The first-order valence-electron chi connectivity index (χ1n) is 7.21. The maximum atomic E-state index is 13.5. The molecule has 1 N–H and O–H groups in total. The first kappa shape index (κ1) is 17.1. The number of aryl methyl sites for hydroxylation is 1. The number of hydrogen-bond acceptors (Lipinski definition) is 5. The highest BCUT2D eigenvalue weighted by Gasteiger charge is 2.11. The van der Waals surface area contributed by atoms with Crippen LogP contribution in [0, 0.1) is 5.82 Å². The minimum Gasteiger partial charge on any atom is -0.466 e. The van der Waals surface area contributed by atoms with Crippen LogP contribution in [0.3, 0.4) is 0 Å². The monoisotopic (exact) mass is 336 g/mol. The molecule has 0 aliphatic carbocycles. The van der Waals surface area contributed by atoms with E-state index >= 15 is 0 Å². The standard InChI is InChI=1S/C16H17FN2O3S/c1-2-22-15(21)9-12-10-23-16(18-12)19-14(20)8-7-11-5-3-4-6-13(11)17/h3-6,10H,2,7-9H2,1H3,(H,18,19,20). The van der Waals surface area contributed by atoms with Crippen molar-refractivity contribution < 1.29 is 18.7 Å². The number of carbonyl (C=O) groups is 2. The second-order valence-electron chi connectivity index (χ2n) is 4.77. The summed E-state index contributed by atoms with van der Waals surface area (Å²) in [5.74, 6) is -0.910. The number of benzene rings is 1. The molecule has 0 saturated carbocycles. The van der Waals surface area contributed by atoms with Gasteiger partial charge in [0, 0.05) is 11.8 Å². The number of nitrogens with zero attached hydrogens (tertiary/aromatic N) is 1. The lowest BCUT2D eigenvalue weighted by atomic mass is 10.1. The minimum absolute atomic E-state index is 0.0788. The van der Waals surface area contributed by atoms with Crippen LogP contribution in [0.2, 0.25) is 0 Å². The van der Waals surface area contributed by atoms with E-state index in [1.165, 1.54) is 17.4 Å². The summed E-state index contributed by atoms with van der Waals surface area (Å²) in [7, 11) is 0. The Morgan fingerprint density at radius 1 is 1.35 bits per heavy atom. The second kappa shape index (κ2) is 8.38. The van der Waals surface area contributed by atoms with Gasteiger partial charge in [-0.2, -0.15) is 0 Å². The maximum Gasteiger partial charge on any atom is 0.311 e. The average Bonchev–Trinajstić information content (AvgIpc) is 2.93. The third kappa shape index (κ3) is 5.45. The predicted molar refractivity (Wildman–Crippen MR) is 85.8 cm³/mol. The molecule has 1 amide bonds. The Labute approximate surface area is 137 Å². The van der Waals surface area contributed by atoms with Crippen molar-refractivity contribution in [1.82, 2.24) is 4.98 Å². The number of thiazole rings is 1. The van der Waals surface area contributed by atoms with E-state index in [9.17, 15) is 14.0 Å². The molecule has 0 fully saturated rings. The molecule has 1 aromatic heterocycles. The number of nitrogens with one attached hydrogen (secondary N) is 1. The van der Waals surface area contributed by atoms with Gasteiger partial charge < -0.3 is 10.1 Å². The number of esters is 1. The summed E-state index contributed by atoms with van der Waals surface area (Å²) in [6, 6.07) is 6.37. The zero-order valence-electron chi connectivity index (χ0n) is 12.7. The molecule has 0 unspecified atom stereocenters. The molecule has 0 aliphatic rings. The van der Waals surface area contributed by atoms with Crippen LogP contribution >= 0.6 is 11.3 Å². The van der Waals surface area contributed by atoms with Crippen molar-refractivity contribution in [3.05, 3.63) is 46.7 Å². The average molecular weight is 336 g/mol. The zero-order chi connectivity index (χ0) is 16.7. The van der Waals surface area contributed by atoms with Crippen molar-refractivity contribution in [3.8, 4) is 0 Å². The lowest BCUT2D eigenvalue weighted by Gasteiger charge is -2.03. The van der Waals surface area contributed by atoms with Gasteiger partial charge in [0.15, 0.2) is 5.13 Å². The summed E-state index contributed by atoms with van der Waals surface area (Å²) in [6.07, 6.45) is 0.558. The molecule has 0 spiro atoms. The van der Waals surface area contributed by atoms with Gasteiger partial charge in [0.25, 0.3) is 0 Å². The number of hydrogen-bond donors (Lipinski definition) is 1. The minimum atomic E-state index is -0.352. The van der Waals surface area contributed by atoms with Gasteiger partial charge >= 0.3 is 5.97 Å². The summed E-state index contributed by atoms with van der Waals surface area (Å²) in [4.78, 5) is 27.4. The maximum absolute atomic E-state index is 13.5. The van der Waals surface area contributed by atoms with Gasteiger partial charge in [-0.3, -0.25) is 9.59 Å². The van der Waals surface area contributed by atoms with Gasteiger partial charge in [0.2, 0.25) is 5.91 Å². The number of amides is 1. The van der Waals surface area contributed by atoms with Crippen molar-refractivity contribution >= 4 is 28.3 Å². The zero-order valence-corrected chi connectivity index (χ0v) is 13.5. The molecule has 2 aromatic rings. The van der Waals surface area contributed by atoms with Crippen LogP contribution in [0.5, 0.6) is 0 Å². The Morgan fingerprint density at radius 2 is 2.13 bits per heavy atom. The van der Waals surface area contributed by atoms with Crippen LogP contribution in [0.1, 0.15) is 24.6 Å². The van der Waals surface area contributed by atoms with Gasteiger partial charge in [0.05, 0.1) is 18.7 Å². The van der Waals surface area contributed by atoms with Gasteiger partial charge in [-0.25, -0.2) is 9.37 Å². The normalized spacial score (nSPS) is 10.3. The molecule has 0 aliphatic heterocycles. The molecule has 0 saturated heterocycles. The number of aromatic nitrogens is 1. The molecule has 0 bridgehead atoms. The molecule has 5 nitrogen and oxygen atoms in total. The molecule has 23 heavy (non-hydrogen) atoms. The molecule has 122 valence electrons. The van der Waals surface area contributed by atoms with E-state index in [4.69, 9.17) is 4.74 Å². The Kier molecular flexibility index (Phi) is 6.22. The highest BCUT2D eigenvalue weighted by molar-refractivity contribution is 7.13. The van der Waals surface area contributed by atoms with Gasteiger partial charge in [-0.1, -0.05) is 18.2 Å². The van der Waals surface area contributed by atoms with E-state index in [0.717, 1.165) is 0 Å². The Bertz CT molecular complexity index is 687. The largest absolute Gasteiger partial charge is 0.466 e. The lowest BCUT2D eigenvalue weighted by Crippen LogP contribution is -2.13. The van der Waals surface area contributed by atoms with Crippen molar-refractivity contribution in [2.75, 3.05) is 11.9 Å². The van der Waals surface area contributed by atoms with Crippen LogP contribution in [0.15, 0.2) is 29.6 Å². The van der Waals surface area contributed by atoms with E-state index in [1.807, 2.05) is 0 Å². The molecular weight excluding hydrogens is 319 g/mol. The molecule has 7 heteroatoms. The second-order valence-corrected chi connectivity index (χ2v) is 5.62. The van der Waals surface area contributed by atoms with Gasteiger partial charge in [-0.05, 0) is 25.0 Å². The van der Waals surface area contributed by atoms with E-state index < -0.39 is 0 Å². The highest BCUT2D eigenvalue weighted by atomic mass is 32.1. The Morgan fingerprint density at radius 3 is 2.87 bits per heavy atom. The molecule has 0 radical (unpaired) electrons. The topological polar surface area (TPSA) is 68.3 Å². The fourth-order valence-electron chi connectivity index (χ4n) is 1.94. The van der Waals surface area contributed by atoms with Crippen LogP contribution in [-0.2, 0) is 27.2 Å². The number of anilines is 1. The predicted octanol–water partition coefficient (Wildman–Crippen LogP) is 2.96. The molecule has 1 heterocycles. The van der Waals surface area contributed by atoms with Crippen molar-refractivity contribution in [2.24, 2.45) is 0 Å². The fourth-order valence-corrected chi connectivity index (χ4v) is 2.66.